The average Bonchev–Trinajstić information content (AvgIpc) is 2.96. The Labute approximate surface area is 137 Å². The number of nitrogens with zero attached hydrogens (tertiary/aromatic N) is 1. The number of rotatable bonds is 5. The number of halogens is 1. The van der Waals surface area contributed by atoms with E-state index in [0.29, 0.717) is 17.2 Å². The topological polar surface area (TPSA) is 86.7 Å². The van der Waals surface area contributed by atoms with Gasteiger partial charge in [-0.3, -0.25) is 14.4 Å². The third-order valence-electron chi connectivity index (χ3n) is 3.56. The second-order valence-electron chi connectivity index (χ2n) is 5.22. The Morgan fingerprint density at radius 1 is 1.39 bits per heavy atom. The molecule has 1 fully saturated rings. The van der Waals surface area contributed by atoms with Crippen LogP contribution in [0, 0.1) is 5.82 Å². The first-order chi connectivity index (χ1) is 10.9. The summed E-state index contributed by atoms with van der Waals surface area (Å²) < 4.78 is 13.0. The van der Waals surface area contributed by atoms with E-state index in [2.05, 4.69) is 5.32 Å². The molecule has 124 valence electrons. The lowest BCUT2D eigenvalue weighted by molar-refractivity contribution is -0.139. The van der Waals surface area contributed by atoms with Crippen LogP contribution in [0.4, 0.5) is 4.39 Å². The molecule has 23 heavy (non-hydrogen) atoms. The van der Waals surface area contributed by atoms with Gasteiger partial charge in [0, 0.05) is 12.7 Å². The van der Waals surface area contributed by atoms with E-state index >= 15 is 0 Å². The lowest BCUT2D eigenvalue weighted by Gasteiger charge is -2.24. The number of carboxylic acid groups (broad SMARTS) is 1. The van der Waals surface area contributed by atoms with Crippen LogP contribution < -0.4 is 5.32 Å². The number of aliphatic carboxylic acids is 1. The third-order valence-corrected chi connectivity index (χ3v) is 4.57. The van der Waals surface area contributed by atoms with Crippen LogP contribution in [0.3, 0.4) is 0 Å². The zero-order valence-electron chi connectivity index (χ0n) is 12.5. The second kappa shape index (κ2) is 7.45. The highest BCUT2D eigenvalue weighted by atomic mass is 32.2. The summed E-state index contributed by atoms with van der Waals surface area (Å²) in [5.74, 6) is -1.22. The predicted molar refractivity (Wildman–Crippen MR) is 83.2 cm³/mol. The Kier molecular flexibility index (Phi) is 5.59. The first-order valence-electron chi connectivity index (χ1n) is 7.01. The molecule has 1 aliphatic heterocycles. The minimum absolute atomic E-state index is 0.202. The molecule has 6 nitrogen and oxygen atoms in total. The molecule has 0 aromatic heterocycles. The summed E-state index contributed by atoms with van der Waals surface area (Å²) in [6, 6.07) is 3.91. The number of benzene rings is 1. The number of hydrogen-bond acceptors (Lipinski definition) is 4. The molecule has 2 amide bonds. The summed E-state index contributed by atoms with van der Waals surface area (Å²) >= 11 is 1.46. The van der Waals surface area contributed by atoms with E-state index in [4.69, 9.17) is 5.11 Å². The van der Waals surface area contributed by atoms with Gasteiger partial charge in [-0.05, 0) is 17.7 Å². The van der Waals surface area contributed by atoms with Gasteiger partial charge in [0.05, 0.1) is 18.3 Å². The van der Waals surface area contributed by atoms with Gasteiger partial charge in [0.1, 0.15) is 11.9 Å². The van der Waals surface area contributed by atoms with Gasteiger partial charge >= 0.3 is 5.97 Å². The van der Waals surface area contributed by atoms with Crippen molar-refractivity contribution in [2.45, 2.75) is 25.4 Å². The molecule has 0 spiro atoms. The molecule has 1 aliphatic rings. The monoisotopic (exact) mass is 340 g/mol. The van der Waals surface area contributed by atoms with Gasteiger partial charge in [0.25, 0.3) is 0 Å². The van der Waals surface area contributed by atoms with Gasteiger partial charge in [-0.15, -0.1) is 11.8 Å². The minimum Gasteiger partial charge on any atom is -0.481 e. The number of thioether (sulfide) groups is 1. The molecular weight excluding hydrogens is 323 g/mol. The molecule has 0 saturated carbocycles. The molecule has 0 bridgehead atoms. The molecule has 2 rings (SSSR count). The summed E-state index contributed by atoms with van der Waals surface area (Å²) in [5, 5.41) is 11.7. The van der Waals surface area contributed by atoms with E-state index in [-0.39, 0.29) is 12.3 Å². The largest absolute Gasteiger partial charge is 0.481 e. The fourth-order valence-corrected chi connectivity index (χ4v) is 3.58. The summed E-state index contributed by atoms with van der Waals surface area (Å²) in [7, 11) is 0. The molecule has 1 aromatic rings. The first kappa shape index (κ1) is 17.3. The van der Waals surface area contributed by atoms with Gasteiger partial charge < -0.3 is 15.3 Å². The average molecular weight is 340 g/mol. The van der Waals surface area contributed by atoms with Gasteiger partial charge in [-0.2, -0.15) is 0 Å². The lowest BCUT2D eigenvalue weighted by atomic mass is 10.0. The highest BCUT2D eigenvalue weighted by Gasteiger charge is 2.34. The molecule has 1 saturated heterocycles. The Hall–Kier alpha value is -2.09. The maximum Gasteiger partial charge on any atom is 0.305 e. The number of carbonyl (C=O) groups excluding carboxylic acids is 2. The van der Waals surface area contributed by atoms with E-state index in [0.717, 1.165) is 0 Å². The Morgan fingerprint density at radius 3 is 2.61 bits per heavy atom. The minimum atomic E-state index is -1.08. The number of nitrogens with one attached hydrogen (secondary N) is 1. The Bertz CT molecular complexity index is 608. The van der Waals surface area contributed by atoms with Crippen molar-refractivity contribution in [2.75, 3.05) is 11.6 Å². The first-order valence-corrected chi connectivity index (χ1v) is 8.16. The van der Waals surface area contributed by atoms with Crippen LogP contribution in [0.2, 0.25) is 0 Å². The third kappa shape index (κ3) is 4.44. The van der Waals surface area contributed by atoms with Crippen molar-refractivity contribution in [3.63, 3.8) is 0 Å². The van der Waals surface area contributed by atoms with Crippen LogP contribution in [0.5, 0.6) is 0 Å². The number of hydrogen-bond donors (Lipinski definition) is 2. The Balaban J connectivity index is 2.14. The molecule has 1 aromatic carbocycles. The van der Waals surface area contributed by atoms with Gasteiger partial charge in [0.15, 0.2) is 0 Å². The van der Waals surface area contributed by atoms with Crippen molar-refractivity contribution in [2.24, 2.45) is 0 Å². The van der Waals surface area contributed by atoms with Crippen LogP contribution >= 0.6 is 11.8 Å². The molecule has 1 heterocycles. The lowest BCUT2D eigenvalue weighted by Crippen LogP contribution is -2.47. The van der Waals surface area contributed by atoms with Crippen molar-refractivity contribution in [3.05, 3.63) is 35.6 Å². The summed E-state index contributed by atoms with van der Waals surface area (Å²) in [4.78, 5) is 36.4. The van der Waals surface area contributed by atoms with Crippen LogP contribution in [-0.2, 0) is 14.4 Å². The van der Waals surface area contributed by atoms with Crippen molar-refractivity contribution in [1.82, 2.24) is 10.2 Å². The molecule has 2 N–H and O–H groups in total. The highest BCUT2D eigenvalue weighted by molar-refractivity contribution is 7.99. The molecule has 2 atom stereocenters. The standard InChI is InChI=1S/C15H17FN2O4S/c1-9(19)18-8-23-7-13(18)15(22)17-12(6-14(20)21)10-2-4-11(16)5-3-10/h2-5,12-13H,6-8H2,1H3,(H,17,22)(H,20,21)/t12-,13+/m1/s1. The van der Waals surface area contributed by atoms with Gasteiger partial charge in [-0.1, -0.05) is 12.1 Å². The second-order valence-corrected chi connectivity index (χ2v) is 6.21. The van der Waals surface area contributed by atoms with E-state index < -0.39 is 29.8 Å². The fourth-order valence-electron chi connectivity index (χ4n) is 2.36. The van der Waals surface area contributed by atoms with Gasteiger partial charge in [-0.25, -0.2) is 4.39 Å². The van der Waals surface area contributed by atoms with Crippen molar-refractivity contribution < 1.29 is 23.9 Å². The SMILES string of the molecule is CC(=O)N1CSC[C@H]1C(=O)N[C@H](CC(=O)O)c1ccc(F)cc1. The molecule has 0 aliphatic carbocycles. The quantitative estimate of drug-likeness (QED) is 0.846. The zero-order valence-corrected chi connectivity index (χ0v) is 13.3. The van der Waals surface area contributed by atoms with Crippen molar-refractivity contribution in [1.29, 1.82) is 0 Å². The van der Waals surface area contributed by atoms with Gasteiger partial charge in [0.2, 0.25) is 11.8 Å². The van der Waals surface area contributed by atoms with Crippen molar-refractivity contribution in [3.8, 4) is 0 Å². The van der Waals surface area contributed by atoms with Crippen LogP contribution in [0.15, 0.2) is 24.3 Å². The Morgan fingerprint density at radius 2 is 2.04 bits per heavy atom. The fraction of sp³-hybridized carbons (Fsp3) is 0.400. The summed E-state index contributed by atoms with van der Waals surface area (Å²) in [5.41, 5.74) is 0.502. The summed E-state index contributed by atoms with van der Waals surface area (Å²) in [6.07, 6.45) is -0.322. The van der Waals surface area contributed by atoms with E-state index in [1.807, 2.05) is 0 Å². The van der Waals surface area contributed by atoms with Crippen LogP contribution in [0.1, 0.15) is 24.9 Å². The zero-order chi connectivity index (χ0) is 17.0. The number of carbonyl (C=O) groups is 3. The smallest absolute Gasteiger partial charge is 0.305 e. The normalized spacial score (nSPS) is 18.5. The van der Waals surface area contributed by atoms with E-state index in [9.17, 15) is 18.8 Å². The van der Waals surface area contributed by atoms with Crippen LogP contribution in [-0.4, -0.2) is 45.5 Å². The molecular formula is C15H17FN2O4S. The predicted octanol–water partition coefficient (Wildman–Crippen LogP) is 1.38. The maximum absolute atomic E-state index is 13.0. The number of carboxylic acids is 1. The maximum atomic E-state index is 13.0. The highest BCUT2D eigenvalue weighted by Crippen LogP contribution is 2.23. The van der Waals surface area contributed by atoms with Crippen LogP contribution in [0.25, 0.3) is 0 Å². The summed E-state index contributed by atoms with van der Waals surface area (Å²) in [6.45, 7) is 1.39. The molecule has 0 unspecified atom stereocenters. The molecule has 0 radical (unpaired) electrons. The van der Waals surface area contributed by atoms with E-state index in [1.54, 1.807) is 0 Å². The van der Waals surface area contributed by atoms with E-state index in [1.165, 1.54) is 47.9 Å². The number of amides is 2. The van der Waals surface area contributed by atoms with Crippen molar-refractivity contribution >= 4 is 29.5 Å². The molecule has 8 heteroatoms.